The number of rotatable bonds is 8. The molecule has 7 nitrogen and oxygen atoms in total. The third-order valence-electron chi connectivity index (χ3n) is 4.19. The largest absolute Gasteiger partial charge is 0.494 e. The van der Waals surface area contributed by atoms with Gasteiger partial charge in [0.2, 0.25) is 5.95 Å². The van der Waals surface area contributed by atoms with Crippen molar-refractivity contribution in [1.29, 1.82) is 0 Å². The fraction of sp³-hybridized carbons (Fsp3) is 0.421. The van der Waals surface area contributed by atoms with Crippen molar-refractivity contribution >= 4 is 23.7 Å². The second kappa shape index (κ2) is 8.94. The first-order chi connectivity index (χ1) is 13.2. The normalized spacial score (nSPS) is 15.9. The van der Waals surface area contributed by atoms with Crippen LogP contribution in [0, 0.1) is 0 Å². The number of carbonyl (C=O) groups is 1. The Morgan fingerprint density at radius 3 is 2.78 bits per heavy atom. The van der Waals surface area contributed by atoms with Gasteiger partial charge < -0.3 is 14.8 Å². The summed E-state index contributed by atoms with van der Waals surface area (Å²) in [5.74, 6) is 2.83. The predicted molar refractivity (Wildman–Crippen MR) is 106 cm³/mol. The summed E-state index contributed by atoms with van der Waals surface area (Å²) in [7, 11) is 0. The highest BCUT2D eigenvalue weighted by Gasteiger charge is 2.34. The van der Waals surface area contributed by atoms with Gasteiger partial charge in [0.1, 0.15) is 24.7 Å². The van der Waals surface area contributed by atoms with Crippen molar-refractivity contribution in [3.8, 4) is 5.75 Å². The van der Waals surface area contributed by atoms with Crippen LogP contribution in [-0.4, -0.2) is 45.5 Å². The molecule has 27 heavy (non-hydrogen) atoms. The van der Waals surface area contributed by atoms with Gasteiger partial charge in [-0.25, -0.2) is 9.48 Å². The highest BCUT2D eigenvalue weighted by atomic mass is 32.2. The van der Waals surface area contributed by atoms with E-state index < -0.39 is 6.04 Å². The van der Waals surface area contributed by atoms with Crippen molar-refractivity contribution in [1.82, 2.24) is 14.8 Å². The highest BCUT2D eigenvalue weighted by molar-refractivity contribution is 7.99. The number of hydrogen-bond donors (Lipinski definition) is 1. The van der Waals surface area contributed by atoms with Gasteiger partial charge in [-0.15, -0.1) is 0 Å². The van der Waals surface area contributed by atoms with Crippen LogP contribution < -0.4 is 10.1 Å². The van der Waals surface area contributed by atoms with Crippen molar-refractivity contribution in [2.75, 3.05) is 30.0 Å². The summed E-state index contributed by atoms with van der Waals surface area (Å²) in [6.45, 7) is 6.87. The Kier molecular flexibility index (Phi) is 6.39. The molecule has 0 saturated heterocycles. The Morgan fingerprint density at radius 2 is 2.07 bits per heavy atom. The van der Waals surface area contributed by atoms with Crippen LogP contribution in [0.2, 0.25) is 0 Å². The first kappa shape index (κ1) is 19.3. The topological polar surface area (TPSA) is 78.3 Å². The molecule has 0 radical (unpaired) electrons. The second-order valence-electron chi connectivity index (χ2n) is 5.93. The molecule has 1 aliphatic rings. The Balaban J connectivity index is 1.90. The molecule has 0 aliphatic carbocycles. The number of nitrogens with zero attached hydrogens (tertiary/aromatic N) is 3. The molecular weight excluding hydrogens is 364 g/mol. The van der Waals surface area contributed by atoms with Gasteiger partial charge in [-0.1, -0.05) is 19.1 Å². The van der Waals surface area contributed by atoms with Crippen molar-refractivity contribution in [2.45, 2.75) is 26.8 Å². The molecule has 8 heteroatoms. The molecule has 3 rings (SSSR count). The lowest BCUT2D eigenvalue weighted by molar-refractivity contribution is -0.138. The number of esters is 1. The van der Waals surface area contributed by atoms with Crippen LogP contribution in [-0.2, 0) is 9.53 Å². The number of hydrogen-bond acceptors (Lipinski definition) is 7. The number of thioether (sulfide) groups is 1. The highest BCUT2D eigenvalue weighted by Crippen LogP contribution is 2.35. The molecular formula is C19H24N4O3S. The summed E-state index contributed by atoms with van der Waals surface area (Å²) < 4.78 is 12.7. The number of fused-ring (bicyclic) bond motifs is 1. The summed E-state index contributed by atoms with van der Waals surface area (Å²) in [6, 6.07) is 7.28. The molecule has 1 aromatic carbocycles. The number of ether oxygens (including phenoxy) is 2. The average molecular weight is 388 g/mol. The summed E-state index contributed by atoms with van der Waals surface area (Å²) in [6.07, 6.45) is 1.48. The molecule has 1 aliphatic heterocycles. The summed E-state index contributed by atoms with van der Waals surface area (Å²) in [5, 5.41) is 7.46. The Bertz CT molecular complexity index is 817. The fourth-order valence-corrected chi connectivity index (χ4v) is 3.48. The maximum absolute atomic E-state index is 12.8. The Hall–Kier alpha value is -2.48. The zero-order valence-corrected chi connectivity index (χ0v) is 16.6. The summed E-state index contributed by atoms with van der Waals surface area (Å²) in [4.78, 5) is 17.1. The number of benzene rings is 1. The van der Waals surface area contributed by atoms with Crippen molar-refractivity contribution in [3.63, 3.8) is 0 Å². The lowest BCUT2D eigenvalue weighted by atomic mass is 9.96. The minimum Gasteiger partial charge on any atom is -0.494 e. The van der Waals surface area contributed by atoms with Gasteiger partial charge in [-0.05, 0) is 37.3 Å². The number of nitrogens with one attached hydrogen (secondary N) is 1. The zero-order chi connectivity index (χ0) is 19.2. The lowest BCUT2D eigenvalue weighted by Crippen LogP contribution is -2.30. The SMILES string of the molecule is CCOc1ccc([C@H]2C(C(=O)OCCSCC)=C(C)Nc3ncnn32)cc1. The van der Waals surface area contributed by atoms with Gasteiger partial charge >= 0.3 is 5.97 Å². The van der Waals surface area contributed by atoms with E-state index in [-0.39, 0.29) is 5.97 Å². The fourth-order valence-electron chi connectivity index (χ4n) is 2.99. The van der Waals surface area contributed by atoms with Crippen LogP contribution >= 0.6 is 11.8 Å². The molecule has 0 fully saturated rings. The standard InChI is InChI=1S/C19H24N4O3S/c1-4-25-15-8-6-14(7-9-15)17-16(18(24)26-10-11-27-5-2)13(3)22-19-20-12-21-23(17)19/h6-9,12,17H,4-5,10-11H2,1-3H3,(H,20,21,22)/t17-/m0/s1. The van der Waals surface area contributed by atoms with E-state index in [1.165, 1.54) is 6.33 Å². The van der Waals surface area contributed by atoms with Gasteiger partial charge in [0, 0.05) is 11.4 Å². The molecule has 2 heterocycles. The molecule has 0 bridgehead atoms. The minimum atomic E-state index is -0.397. The molecule has 1 atom stereocenters. The van der Waals surface area contributed by atoms with Crippen molar-refractivity contribution in [2.24, 2.45) is 0 Å². The Morgan fingerprint density at radius 1 is 1.30 bits per heavy atom. The maximum atomic E-state index is 12.8. The number of aromatic nitrogens is 3. The quantitative estimate of drug-likeness (QED) is 0.549. The average Bonchev–Trinajstić information content (AvgIpc) is 3.13. The molecule has 1 N–H and O–H groups in total. The predicted octanol–water partition coefficient (Wildman–Crippen LogP) is 3.26. The van der Waals surface area contributed by atoms with Gasteiger partial charge in [0.15, 0.2) is 0 Å². The van der Waals surface area contributed by atoms with E-state index in [1.807, 2.05) is 38.1 Å². The molecule has 144 valence electrons. The van der Waals surface area contributed by atoms with Gasteiger partial charge in [-0.3, -0.25) is 0 Å². The first-order valence-electron chi connectivity index (χ1n) is 9.00. The molecule has 0 amide bonds. The second-order valence-corrected chi connectivity index (χ2v) is 7.32. The van der Waals surface area contributed by atoms with Crippen molar-refractivity contribution < 1.29 is 14.3 Å². The van der Waals surface area contributed by atoms with Crippen LogP contribution in [0.15, 0.2) is 41.9 Å². The van der Waals surface area contributed by atoms with Gasteiger partial charge in [-0.2, -0.15) is 21.8 Å². The molecule has 0 spiro atoms. The van der Waals surface area contributed by atoms with E-state index in [0.717, 1.165) is 28.5 Å². The zero-order valence-electron chi connectivity index (χ0n) is 15.8. The van der Waals surface area contributed by atoms with Gasteiger partial charge in [0.05, 0.1) is 12.2 Å². The van der Waals surface area contributed by atoms with Crippen molar-refractivity contribution in [3.05, 3.63) is 47.4 Å². The maximum Gasteiger partial charge on any atom is 0.338 e. The summed E-state index contributed by atoms with van der Waals surface area (Å²) in [5.41, 5.74) is 2.18. The third-order valence-corrected chi connectivity index (χ3v) is 5.05. The minimum absolute atomic E-state index is 0.336. The Labute approximate surface area is 163 Å². The third kappa shape index (κ3) is 4.27. The molecule has 0 unspecified atom stereocenters. The van der Waals surface area contributed by atoms with Crippen LogP contribution in [0.4, 0.5) is 5.95 Å². The molecule has 1 aromatic heterocycles. The first-order valence-corrected chi connectivity index (χ1v) is 10.2. The van der Waals surface area contributed by atoms with E-state index in [1.54, 1.807) is 16.4 Å². The number of carbonyl (C=O) groups excluding carboxylic acids is 1. The van der Waals surface area contributed by atoms with E-state index >= 15 is 0 Å². The monoisotopic (exact) mass is 388 g/mol. The smallest absolute Gasteiger partial charge is 0.338 e. The van der Waals surface area contributed by atoms with Crippen LogP contribution in [0.25, 0.3) is 0 Å². The van der Waals surface area contributed by atoms with E-state index in [2.05, 4.69) is 22.3 Å². The number of allylic oxidation sites excluding steroid dienone is 1. The van der Waals surface area contributed by atoms with E-state index in [4.69, 9.17) is 9.47 Å². The summed E-state index contributed by atoms with van der Waals surface area (Å²) >= 11 is 1.74. The van der Waals surface area contributed by atoms with E-state index in [0.29, 0.717) is 24.7 Å². The molecule has 0 saturated carbocycles. The van der Waals surface area contributed by atoms with Crippen LogP contribution in [0.3, 0.4) is 0 Å². The van der Waals surface area contributed by atoms with Gasteiger partial charge in [0.25, 0.3) is 0 Å². The lowest BCUT2D eigenvalue weighted by Gasteiger charge is -2.28. The number of anilines is 1. The van der Waals surface area contributed by atoms with Crippen LogP contribution in [0.1, 0.15) is 32.4 Å². The molecule has 2 aromatic rings. The van der Waals surface area contributed by atoms with E-state index in [9.17, 15) is 4.79 Å². The van der Waals surface area contributed by atoms with Crippen LogP contribution in [0.5, 0.6) is 5.75 Å².